The summed E-state index contributed by atoms with van der Waals surface area (Å²) in [4.78, 5) is 18.9. The summed E-state index contributed by atoms with van der Waals surface area (Å²) in [5, 5.41) is 1.01. The van der Waals surface area contributed by atoms with E-state index in [0.717, 1.165) is 46.7 Å². The van der Waals surface area contributed by atoms with Crippen molar-refractivity contribution >= 4 is 22.6 Å². The third kappa shape index (κ3) is 3.45. The van der Waals surface area contributed by atoms with Crippen LogP contribution in [0.3, 0.4) is 0 Å². The van der Waals surface area contributed by atoms with Crippen LogP contribution in [0, 0.1) is 6.92 Å². The van der Waals surface area contributed by atoms with Gasteiger partial charge in [-0.3, -0.25) is 9.78 Å². The average Bonchev–Trinajstić information content (AvgIpc) is 3.08. The highest BCUT2D eigenvalue weighted by Gasteiger charge is 2.26. The standard InChI is InChI=1S/C22H22N2O3/c1-3-26-21(25)14-24-12-11-18-15(2)23-20-10-9-17(13-19(20)22(18)24)27-16-7-5-4-6-8-16/h4-10,13H,3,11-12,14H2,1-2H3. The molecule has 0 aliphatic carbocycles. The number of anilines is 1. The average molecular weight is 362 g/mol. The lowest BCUT2D eigenvalue weighted by molar-refractivity contribution is -0.141. The number of nitrogens with zero attached hydrogens (tertiary/aromatic N) is 2. The highest BCUT2D eigenvalue weighted by Crippen LogP contribution is 2.38. The fraction of sp³-hybridized carbons (Fsp3) is 0.273. The molecule has 4 rings (SSSR count). The second-order valence-corrected chi connectivity index (χ2v) is 6.60. The number of benzene rings is 2. The number of ether oxygens (including phenoxy) is 2. The fourth-order valence-corrected chi connectivity index (χ4v) is 3.61. The molecule has 5 nitrogen and oxygen atoms in total. The number of hydrogen-bond acceptors (Lipinski definition) is 5. The van der Waals surface area contributed by atoms with Gasteiger partial charge >= 0.3 is 5.97 Å². The Balaban J connectivity index is 1.74. The molecule has 0 amide bonds. The largest absolute Gasteiger partial charge is 0.465 e. The summed E-state index contributed by atoms with van der Waals surface area (Å²) in [6.45, 7) is 5.29. The lowest BCUT2D eigenvalue weighted by Gasteiger charge is -2.20. The molecular formula is C22H22N2O3. The number of aromatic nitrogens is 1. The van der Waals surface area contributed by atoms with Crippen LogP contribution in [0.5, 0.6) is 11.5 Å². The summed E-state index contributed by atoms with van der Waals surface area (Å²) < 4.78 is 11.1. The number of carbonyl (C=O) groups is 1. The molecule has 27 heavy (non-hydrogen) atoms. The summed E-state index contributed by atoms with van der Waals surface area (Å²) >= 11 is 0. The molecule has 0 radical (unpaired) electrons. The van der Waals surface area contributed by atoms with E-state index in [9.17, 15) is 4.79 Å². The predicted molar refractivity (Wildman–Crippen MR) is 106 cm³/mol. The van der Waals surface area contributed by atoms with E-state index in [4.69, 9.17) is 14.5 Å². The summed E-state index contributed by atoms with van der Waals surface area (Å²) in [7, 11) is 0. The van der Waals surface area contributed by atoms with Crippen molar-refractivity contribution < 1.29 is 14.3 Å². The van der Waals surface area contributed by atoms with Gasteiger partial charge in [-0.05, 0) is 56.2 Å². The Labute approximate surface area is 158 Å². The molecule has 1 aliphatic rings. The molecule has 0 spiro atoms. The lowest BCUT2D eigenvalue weighted by atomic mass is 10.1. The van der Waals surface area contributed by atoms with Gasteiger partial charge in [0.2, 0.25) is 0 Å². The first-order valence-electron chi connectivity index (χ1n) is 9.22. The normalized spacial score (nSPS) is 12.9. The van der Waals surface area contributed by atoms with Crippen molar-refractivity contribution in [2.75, 3.05) is 24.6 Å². The molecule has 3 aromatic rings. The Morgan fingerprint density at radius 1 is 1.15 bits per heavy atom. The van der Waals surface area contributed by atoms with Crippen LogP contribution < -0.4 is 9.64 Å². The number of fused-ring (bicyclic) bond motifs is 3. The van der Waals surface area contributed by atoms with Gasteiger partial charge in [-0.15, -0.1) is 0 Å². The van der Waals surface area contributed by atoms with Crippen molar-refractivity contribution in [3.05, 3.63) is 59.8 Å². The number of esters is 1. The Morgan fingerprint density at radius 2 is 1.96 bits per heavy atom. The molecule has 0 bridgehead atoms. The molecule has 0 atom stereocenters. The maximum atomic E-state index is 12.0. The Hall–Kier alpha value is -3.08. The zero-order chi connectivity index (χ0) is 18.8. The molecule has 5 heteroatoms. The first-order chi connectivity index (χ1) is 13.2. The number of para-hydroxylation sites is 1. The number of carbonyl (C=O) groups excluding carboxylic acids is 1. The first kappa shape index (κ1) is 17.3. The molecule has 0 fully saturated rings. The third-order valence-corrected chi connectivity index (χ3v) is 4.79. The van der Waals surface area contributed by atoms with E-state index in [0.29, 0.717) is 6.61 Å². The number of pyridine rings is 1. The van der Waals surface area contributed by atoms with E-state index >= 15 is 0 Å². The van der Waals surface area contributed by atoms with Gasteiger partial charge in [0.05, 0.1) is 17.8 Å². The van der Waals surface area contributed by atoms with E-state index in [1.165, 1.54) is 5.56 Å². The van der Waals surface area contributed by atoms with Gasteiger partial charge in [0.25, 0.3) is 0 Å². The number of aryl methyl sites for hydroxylation is 1. The summed E-state index contributed by atoms with van der Waals surface area (Å²) in [5.41, 5.74) is 4.19. The van der Waals surface area contributed by atoms with E-state index in [-0.39, 0.29) is 12.5 Å². The second-order valence-electron chi connectivity index (χ2n) is 6.60. The van der Waals surface area contributed by atoms with Gasteiger partial charge in [-0.25, -0.2) is 0 Å². The minimum Gasteiger partial charge on any atom is -0.465 e. The van der Waals surface area contributed by atoms with Crippen molar-refractivity contribution in [2.24, 2.45) is 0 Å². The highest BCUT2D eigenvalue weighted by molar-refractivity contribution is 5.97. The second kappa shape index (κ2) is 7.27. The van der Waals surface area contributed by atoms with E-state index in [1.54, 1.807) is 0 Å². The van der Waals surface area contributed by atoms with Crippen molar-refractivity contribution in [3.8, 4) is 11.5 Å². The van der Waals surface area contributed by atoms with Crippen LogP contribution in [0.1, 0.15) is 18.2 Å². The smallest absolute Gasteiger partial charge is 0.325 e. The molecular weight excluding hydrogens is 340 g/mol. The van der Waals surface area contributed by atoms with E-state index in [1.807, 2.05) is 62.4 Å². The van der Waals surface area contributed by atoms with Crippen LogP contribution in [0.2, 0.25) is 0 Å². The van der Waals surface area contributed by atoms with Crippen LogP contribution in [0.4, 0.5) is 5.69 Å². The number of rotatable bonds is 5. The Bertz CT molecular complexity index is 986. The van der Waals surface area contributed by atoms with Crippen molar-refractivity contribution in [3.63, 3.8) is 0 Å². The molecule has 2 aromatic carbocycles. The Morgan fingerprint density at radius 3 is 2.74 bits per heavy atom. The molecule has 0 unspecified atom stereocenters. The molecule has 0 saturated heterocycles. The summed E-state index contributed by atoms with van der Waals surface area (Å²) in [6.07, 6.45) is 0.882. The van der Waals surface area contributed by atoms with Gasteiger partial charge in [0.15, 0.2) is 0 Å². The highest BCUT2D eigenvalue weighted by atomic mass is 16.5. The summed E-state index contributed by atoms with van der Waals surface area (Å²) in [6, 6.07) is 15.6. The Kier molecular flexibility index (Phi) is 4.67. The molecule has 2 heterocycles. The van der Waals surface area contributed by atoms with Crippen LogP contribution in [0.15, 0.2) is 48.5 Å². The minimum absolute atomic E-state index is 0.204. The summed E-state index contributed by atoms with van der Waals surface area (Å²) in [5.74, 6) is 1.34. The molecule has 1 aliphatic heterocycles. The van der Waals surface area contributed by atoms with Crippen LogP contribution in [0.25, 0.3) is 10.9 Å². The maximum absolute atomic E-state index is 12.0. The lowest BCUT2D eigenvalue weighted by Crippen LogP contribution is -2.29. The van der Waals surface area contributed by atoms with E-state index < -0.39 is 0 Å². The van der Waals surface area contributed by atoms with Gasteiger partial charge in [0.1, 0.15) is 18.0 Å². The minimum atomic E-state index is -0.204. The zero-order valence-corrected chi connectivity index (χ0v) is 15.6. The zero-order valence-electron chi connectivity index (χ0n) is 15.6. The van der Waals surface area contributed by atoms with Crippen molar-refractivity contribution in [1.82, 2.24) is 4.98 Å². The van der Waals surface area contributed by atoms with Gasteiger partial charge in [-0.1, -0.05) is 18.2 Å². The fourth-order valence-electron chi connectivity index (χ4n) is 3.61. The van der Waals surface area contributed by atoms with Crippen LogP contribution >= 0.6 is 0 Å². The van der Waals surface area contributed by atoms with E-state index in [2.05, 4.69) is 4.90 Å². The topological polar surface area (TPSA) is 51.7 Å². The van der Waals surface area contributed by atoms with Crippen LogP contribution in [-0.4, -0.2) is 30.6 Å². The monoisotopic (exact) mass is 362 g/mol. The number of hydrogen-bond donors (Lipinski definition) is 0. The first-order valence-corrected chi connectivity index (χ1v) is 9.22. The SMILES string of the molecule is CCOC(=O)CN1CCc2c(C)nc3ccc(Oc4ccccc4)cc3c21. The quantitative estimate of drug-likeness (QED) is 0.635. The molecule has 0 N–H and O–H groups in total. The third-order valence-electron chi connectivity index (χ3n) is 4.79. The molecule has 0 saturated carbocycles. The van der Waals surface area contributed by atoms with Crippen molar-refractivity contribution in [1.29, 1.82) is 0 Å². The molecule has 138 valence electrons. The van der Waals surface area contributed by atoms with Crippen molar-refractivity contribution in [2.45, 2.75) is 20.3 Å². The van der Waals surface area contributed by atoms with Crippen LogP contribution in [-0.2, 0) is 16.0 Å². The van der Waals surface area contributed by atoms with Gasteiger partial charge in [-0.2, -0.15) is 0 Å². The maximum Gasteiger partial charge on any atom is 0.325 e. The van der Waals surface area contributed by atoms with Gasteiger partial charge < -0.3 is 14.4 Å². The predicted octanol–water partition coefficient (Wildman–Crippen LogP) is 4.26. The van der Waals surface area contributed by atoms with Gasteiger partial charge in [0, 0.05) is 17.6 Å². The molecule has 1 aromatic heterocycles.